The smallest absolute Gasteiger partial charge is 0.264 e. The van der Waals surface area contributed by atoms with Gasteiger partial charge in [-0.2, -0.15) is 0 Å². The summed E-state index contributed by atoms with van der Waals surface area (Å²) >= 11 is 0. The molecule has 5 nitrogen and oxygen atoms in total. The van der Waals surface area contributed by atoms with Crippen molar-refractivity contribution in [3.63, 3.8) is 0 Å². The third-order valence-electron chi connectivity index (χ3n) is 3.74. The van der Waals surface area contributed by atoms with Gasteiger partial charge in [-0.25, -0.2) is 13.4 Å². The van der Waals surface area contributed by atoms with E-state index < -0.39 is 10.0 Å². The molecule has 0 aliphatic carbocycles. The Morgan fingerprint density at radius 1 is 1.09 bits per heavy atom. The first-order chi connectivity index (χ1) is 10.4. The summed E-state index contributed by atoms with van der Waals surface area (Å²) in [6.07, 6.45) is 1.59. The second-order valence-electron chi connectivity index (χ2n) is 5.35. The van der Waals surface area contributed by atoms with Crippen molar-refractivity contribution in [3.8, 4) is 0 Å². The zero-order valence-corrected chi connectivity index (χ0v) is 13.5. The number of H-pyrrole nitrogens is 1. The minimum Gasteiger partial charge on any atom is -0.345 e. The average molecular weight is 315 g/mol. The largest absolute Gasteiger partial charge is 0.345 e. The highest BCUT2D eigenvalue weighted by Crippen LogP contribution is 2.26. The van der Waals surface area contributed by atoms with Gasteiger partial charge in [-0.3, -0.25) is 4.31 Å². The average Bonchev–Trinajstić information content (AvgIpc) is 2.93. The first kappa shape index (κ1) is 14.6. The molecule has 3 aromatic rings. The van der Waals surface area contributed by atoms with E-state index in [2.05, 4.69) is 9.97 Å². The van der Waals surface area contributed by atoms with E-state index in [1.165, 1.54) is 4.31 Å². The standard InChI is InChI=1S/C16H17N3O2S/c1-11-4-7-16(12(2)8-11)22(20,21)19(3)13-5-6-14-15(9-13)18-10-17-14/h4-10H,1-3H3,(H,17,18). The van der Waals surface area contributed by atoms with E-state index in [0.29, 0.717) is 10.6 Å². The Labute approximate surface area is 129 Å². The Balaban J connectivity index is 2.07. The number of hydrogen-bond donors (Lipinski definition) is 1. The lowest BCUT2D eigenvalue weighted by Gasteiger charge is -2.21. The van der Waals surface area contributed by atoms with Crippen molar-refractivity contribution in [1.29, 1.82) is 0 Å². The van der Waals surface area contributed by atoms with Crippen LogP contribution in [0.2, 0.25) is 0 Å². The Kier molecular flexibility index (Phi) is 3.41. The molecule has 0 saturated heterocycles. The molecule has 0 atom stereocenters. The van der Waals surface area contributed by atoms with Crippen molar-refractivity contribution >= 4 is 26.7 Å². The van der Waals surface area contributed by atoms with Gasteiger partial charge in [0, 0.05) is 7.05 Å². The fraction of sp³-hybridized carbons (Fsp3) is 0.188. The summed E-state index contributed by atoms with van der Waals surface area (Å²) in [5.74, 6) is 0. The molecule has 1 heterocycles. The van der Waals surface area contributed by atoms with Crippen LogP contribution in [0.3, 0.4) is 0 Å². The van der Waals surface area contributed by atoms with E-state index in [1.807, 2.05) is 26.0 Å². The maximum absolute atomic E-state index is 12.8. The van der Waals surface area contributed by atoms with Gasteiger partial charge in [-0.05, 0) is 43.7 Å². The van der Waals surface area contributed by atoms with Crippen LogP contribution in [0.25, 0.3) is 11.0 Å². The molecular formula is C16H17N3O2S. The summed E-state index contributed by atoms with van der Waals surface area (Å²) in [6.45, 7) is 3.76. The van der Waals surface area contributed by atoms with E-state index in [4.69, 9.17) is 0 Å². The molecule has 0 bridgehead atoms. The first-order valence-corrected chi connectivity index (χ1v) is 8.33. The minimum absolute atomic E-state index is 0.324. The Morgan fingerprint density at radius 2 is 1.86 bits per heavy atom. The van der Waals surface area contributed by atoms with Crippen molar-refractivity contribution in [3.05, 3.63) is 53.9 Å². The number of nitrogens with zero attached hydrogens (tertiary/aromatic N) is 2. The molecule has 0 unspecified atom stereocenters. The number of sulfonamides is 1. The minimum atomic E-state index is -3.59. The summed E-state index contributed by atoms with van der Waals surface area (Å²) in [4.78, 5) is 7.46. The number of aromatic amines is 1. The van der Waals surface area contributed by atoms with Gasteiger partial charge in [0.1, 0.15) is 0 Å². The van der Waals surface area contributed by atoms with Gasteiger partial charge in [-0.15, -0.1) is 0 Å². The molecule has 3 rings (SSSR count). The zero-order chi connectivity index (χ0) is 15.9. The highest BCUT2D eigenvalue weighted by atomic mass is 32.2. The van der Waals surface area contributed by atoms with Crippen molar-refractivity contribution in [1.82, 2.24) is 9.97 Å². The molecule has 1 aromatic heterocycles. The van der Waals surface area contributed by atoms with Crippen molar-refractivity contribution in [2.75, 3.05) is 11.4 Å². The third-order valence-corrected chi connectivity index (χ3v) is 5.68. The van der Waals surface area contributed by atoms with E-state index in [0.717, 1.165) is 22.2 Å². The van der Waals surface area contributed by atoms with Gasteiger partial charge < -0.3 is 4.98 Å². The number of rotatable bonds is 3. The highest BCUT2D eigenvalue weighted by Gasteiger charge is 2.23. The molecule has 0 aliphatic rings. The summed E-state index contributed by atoms with van der Waals surface area (Å²) in [6, 6.07) is 10.7. The van der Waals surface area contributed by atoms with Crippen LogP contribution in [0.5, 0.6) is 0 Å². The topological polar surface area (TPSA) is 66.1 Å². The molecule has 1 N–H and O–H groups in total. The fourth-order valence-corrected chi connectivity index (χ4v) is 3.89. The van der Waals surface area contributed by atoms with Crippen LogP contribution in [0.4, 0.5) is 5.69 Å². The van der Waals surface area contributed by atoms with Gasteiger partial charge in [0.15, 0.2) is 0 Å². The molecule has 0 aliphatic heterocycles. The molecule has 22 heavy (non-hydrogen) atoms. The van der Waals surface area contributed by atoms with Crippen molar-refractivity contribution in [2.24, 2.45) is 0 Å². The summed E-state index contributed by atoms with van der Waals surface area (Å²) < 4.78 is 27.0. The first-order valence-electron chi connectivity index (χ1n) is 6.89. The van der Waals surface area contributed by atoms with Gasteiger partial charge in [0.25, 0.3) is 10.0 Å². The lowest BCUT2D eigenvalue weighted by atomic mass is 10.2. The van der Waals surface area contributed by atoms with Crippen LogP contribution in [-0.4, -0.2) is 25.4 Å². The number of anilines is 1. The molecule has 0 fully saturated rings. The molecule has 0 amide bonds. The van der Waals surface area contributed by atoms with Gasteiger partial charge >= 0.3 is 0 Å². The molecular weight excluding hydrogens is 298 g/mol. The van der Waals surface area contributed by atoms with Crippen molar-refractivity contribution < 1.29 is 8.42 Å². The van der Waals surface area contributed by atoms with Crippen LogP contribution < -0.4 is 4.31 Å². The maximum atomic E-state index is 12.8. The van der Waals surface area contributed by atoms with E-state index in [9.17, 15) is 8.42 Å². The lowest BCUT2D eigenvalue weighted by Crippen LogP contribution is -2.27. The molecule has 0 saturated carbocycles. The predicted octanol–water partition coefficient (Wildman–Crippen LogP) is 3.00. The normalized spacial score (nSPS) is 11.8. The zero-order valence-electron chi connectivity index (χ0n) is 12.7. The van der Waals surface area contributed by atoms with Gasteiger partial charge in [-0.1, -0.05) is 17.7 Å². The van der Waals surface area contributed by atoms with Gasteiger partial charge in [0.05, 0.1) is 27.9 Å². The third kappa shape index (κ3) is 2.35. The quantitative estimate of drug-likeness (QED) is 0.808. The second kappa shape index (κ2) is 5.14. The van der Waals surface area contributed by atoms with E-state index in [-0.39, 0.29) is 0 Å². The Hall–Kier alpha value is -2.34. The molecule has 0 spiro atoms. The fourth-order valence-electron chi connectivity index (χ4n) is 2.49. The Bertz CT molecular complexity index is 945. The molecule has 114 valence electrons. The number of fused-ring (bicyclic) bond motifs is 1. The summed E-state index contributed by atoms with van der Waals surface area (Å²) in [5.41, 5.74) is 3.99. The van der Waals surface area contributed by atoms with Crippen LogP contribution in [0.1, 0.15) is 11.1 Å². The lowest BCUT2D eigenvalue weighted by molar-refractivity contribution is 0.594. The SMILES string of the molecule is Cc1ccc(S(=O)(=O)N(C)c2ccc3nc[nH]c3c2)c(C)c1. The van der Waals surface area contributed by atoms with Crippen LogP contribution >= 0.6 is 0 Å². The predicted molar refractivity (Wildman–Crippen MR) is 87.6 cm³/mol. The van der Waals surface area contributed by atoms with Crippen LogP contribution in [0.15, 0.2) is 47.6 Å². The van der Waals surface area contributed by atoms with E-state index >= 15 is 0 Å². The van der Waals surface area contributed by atoms with Crippen LogP contribution in [-0.2, 0) is 10.0 Å². The maximum Gasteiger partial charge on any atom is 0.264 e. The van der Waals surface area contributed by atoms with E-state index in [1.54, 1.807) is 37.6 Å². The number of nitrogens with one attached hydrogen (secondary N) is 1. The second-order valence-corrected chi connectivity index (χ2v) is 7.28. The summed E-state index contributed by atoms with van der Waals surface area (Å²) in [7, 11) is -2.03. The molecule has 6 heteroatoms. The highest BCUT2D eigenvalue weighted by molar-refractivity contribution is 7.92. The van der Waals surface area contributed by atoms with Crippen molar-refractivity contribution in [2.45, 2.75) is 18.7 Å². The molecule has 2 aromatic carbocycles. The van der Waals surface area contributed by atoms with Gasteiger partial charge in [0.2, 0.25) is 0 Å². The number of aromatic nitrogens is 2. The number of benzene rings is 2. The summed E-state index contributed by atoms with van der Waals surface area (Å²) in [5, 5.41) is 0. The number of hydrogen-bond acceptors (Lipinski definition) is 3. The number of imidazole rings is 1. The molecule has 0 radical (unpaired) electrons. The monoisotopic (exact) mass is 315 g/mol. The van der Waals surface area contributed by atoms with Crippen LogP contribution in [0, 0.1) is 13.8 Å². The Morgan fingerprint density at radius 3 is 2.59 bits per heavy atom. The number of aryl methyl sites for hydroxylation is 2.